The zero-order chi connectivity index (χ0) is 23.3. The zero-order valence-electron chi connectivity index (χ0n) is 19.0. The minimum atomic E-state index is -1.47. The third-order valence-electron chi connectivity index (χ3n) is 7.93. The molecule has 0 heterocycles. The average molecular weight is 440 g/mol. The van der Waals surface area contributed by atoms with E-state index in [1.54, 1.807) is 0 Å². The molecular formula is C25H29NO6. The van der Waals surface area contributed by atoms with Gasteiger partial charge in [-0.3, -0.25) is 9.59 Å². The molecule has 0 saturated heterocycles. The van der Waals surface area contributed by atoms with Gasteiger partial charge in [0.25, 0.3) is 0 Å². The summed E-state index contributed by atoms with van der Waals surface area (Å²) in [4.78, 5) is 35.8. The number of rotatable bonds is 3. The normalized spacial score (nSPS) is 34.8. The number of methoxy groups -OCH3 is 1. The molecule has 3 aliphatic carbocycles. The van der Waals surface area contributed by atoms with E-state index in [4.69, 9.17) is 14.2 Å². The molecule has 3 aliphatic rings. The molecule has 0 spiro atoms. The van der Waals surface area contributed by atoms with Gasteiger partial charge in [0.2, 0.25) is 5.60 Å². The number of carbonyl (C=O) groups excluding carboxylic acids is 3. The Hall–Kier alpha value is -2.88. The molecule has 6 atom stereocenters. The summed E-state index contributed by atoms with van der Waals surface area (Å²) in [5, 5.41) is 10.1. The summed E-state index contributed by atoms with van der Waals surface area (Å²) in [6.07, 6.45) is 2.90. The summed E-state index contributed by atoms with van der Waals surface area (Å²) < 4.78 is 16.2. The highest BCUT2D eigenvalue weighted by atomic mass is 16.6. The van der Waals surface area contributed by atoms with Gasteiger partial charge in [-0.25, -0.2) is 4.79 Å². The van der Waals surface area contributed by atoms with Crippen LogP contribution < -0.4 is 0 Å². The van der Waals surface area contributed by atoms with E-state index in [-0.39, 0.29) is 23.7 Å². The van der Waals surface area contributed by atoms with Crippen molar-refractivity contribution in [3.63, 3.8) is 0 Å². The molecular weight excluding hydrogens is 410 g/mol. The van der Waals surface area contributed by atoms with Crippen molar-refractivity contribution in [1.29, 1.82) is 5.26 Å². The minimum absolute atomic E-state index is 0.0676. The number of nitrogens with zero attached hydrogens (tertiary/aromatic N) is 1. The van der Waals surface area contributed by atoms with Gasteiger partial charge in [-0.15, -0.1) is 0 Å². The summed E-state index contributed by atoms with van der Waals surface area (Å²) in [6.45, 7) is 4.68. The van der Waals surface area contributed by atoms with E-state index in [1.807, 2.05) is 18.2 Å². The quantitative estimate of drug-likeness (QED) is 0.523. The summed E-state index contributed by atoms with van der Waals surface area (Å²) in [5.41, 5.74) is 1.03. The molecule has 2 saturated carbocycles. The fourth-order valence-electron chi connectivity index (χ4n) is 6.73. The number of carbonyl (C=O) groups is 3. The maximum atomic E-state index is 12.0. The highest BCUT2D eigenvalue weighted by molar-refractivity contribution is 5.89. The van der Waals surface area contributed by atoms with E-state index in [0.29, 0.717) is 12.0 Å². The molecule has 0 N–H and O–H groups in total. The Labute approximate surface area is 188 Å². The van der Waals surface area contributed by atoms with Crippen LogP contribution in [0.5, 0.6) is 0 Å². The van der Waals surface area contributed by atoms with Gasteiger partial charge >= 0.3 is 17.9 Å². The maximum Gasteiger partial charge on any atom is 0.337 e. The van der Waals surface area contributed by atoms with E-state index in [2.05, 4.69) is 13.0 Å². The van der Waals surface area contributed by atoms with Crippen molar-refractivity contribution in [2.45, 2.75) is 70.5 Å². The first-order valence-corrected chi connectivity index (χ1v) is 11.1. The van der Waals surface area contributed by atoms with E-state index in [0.717, 1.165) is 25.7 Å². The van der Waals surface area contributed by atoms with Crippen LogP contribution in [0, 0.1) is 28.6 Å². The van der Waals surface area contributed by atoms with Gasteiger partial charge in [0.1, 0.15) is 6.07 Å². The summed E-state index contributed by atoms with van der Waals surface area (Å²) in [5.74, 6) is -0.742. The third kappa shape index (κ3) is 3.37. The van der Waals surface area contributed by atoms with Gasteiger partial charge in [0, 0.05) is 25.7 Å². The lowest BCUT2D eigenvalue weighted by Crippen LogP contribution is -2.51. The summed E-state index contributed by atoms with van der Waals surface area (Å²) in [7, 11) is 1.38. The highest BCUT2D eigenvalue weighted by Crippen LogP contribution is 2.64. The first-order valence-electron chi connectivity index (χ1n) is 11.1. The van der Waals surface area contributed by atoms with Crippen LogP contribution in [0.3, 0.4) is 0 Å². The van der Waals surface area contributed by atoms with E-state index in [9.17, 15) is 19.6 Å². The van der Waals surface area contributed by atoms with Crippen molar-refractivity contribution in [1.82, 2.24) is 0 Å². The summed E-state index contributed by atoms with van der Waals surface area (Å²) >= 11 is 0. The lowest BCUT2D eigenvalue weighted by Gasteiger charge is -2.50. The molecule has 4 rings (SSSR count). The Morgan fingerprint density at radius 3 is 2.53 bits per heavy atom. The number of nitriles is 1. The third-order valence-corrected chi connectivity index (χ3v) is 7.93. The lowest BCUT2D eigenvalue weighted by atomic mass is 9.55. The van der Waals surface area contributed by atoms with Gasteiger partial charge in [0.05, 0.1) is 12.7 Å². The number of benzene rings is 1. The van der Waals surface area contributed by atoms with Crippen LogP contribution in [0.2, 0.25) is 0 Å². The molecule has 1 aromatic rings. The first kappa shape index (κ1) is 22.3. The van der Waals surface area contributed by atoms with Crippen LogP contribution in [0.15, 0.2) is 18.2 Å². The van der Waals surface area contributed by atoms with Gasteiger partial charge < -0.3 is 14.2 Å². The zero-order valence-corrected chi connectivity index (χ0v) is 19.0. The fourth-order valence-corrected chi connectivity index (χ4v) is 6.73. The van der Waals surface area contributed by atoms with Gasteiger partial charge in [-0.05, 0) is 66.7 Å². The van der Waals surface area contributed by atoms with Crippen LogP contribution in [0.4, 0.5) is 0 Å². The molecule has 1 aromatic carbocycles. The van der Waals surface area contributed by atoms with Crippen LogP contribution in [-0.2, 0) is 30.2 Å². The van der Waals surface area contributed by atoms with E-state index >= 15 is 0 Å². The molecule has 7 heteroatoms. The fraction of sp³-hybridized carbons (Fsp3) is 0.600. The molecule has 2 fully saturated rings. The molecule has 0 aliphatic heterocycles. The first-order chi connectivity index (χ1) is 15.1. The highest BCUT2D eigenvalue weighted by Gasteiger charge is 2.68. The van der Waals surface area contributed by atoms with Crippen molar-refractivity contribution >= 4 is 17.9 Å². The van der Waals surface area contributed by atoms with Crippen molar-refractivity contribution in [2.75, 3.05) is 7.11 Å². The van der Waals surface area contributed by atoms with Crippen molar-refractivity contribution < 1.29 is 28.6 Å². The van der Waals surface area contributed by atoms with Gasteiger partial charge in [-0.1, -0.05) is 13.0 Å². The second kappa shape index (κ2) is 7.91. The predicted octanol–water partition coefficient (Wildman–Crippen LogP) is 3.70. The number of esters is 3. The Kier molecular flexibility index (Phi) is 5.52. The summed E-state index contributed by atoms with van der Waals surface area (Å²) in [6, 6.07) is 7.99. The SMILES string of the molecule is COC(=O)c1ccc2c(c1)CCC1C2CC[C@@]2(C)C1CC(C#N)(OC(C)=O)[C@@H]2OC(C)=O. The molecule has 4 unspecified atom stereocenters. The molecule has 0 radical (unpaired) electrons. The topological polar surface area (TPSA) is 103 Å². The number of aryl methyl sites for hydroxylation is 1. The molecule has 32 heavy (non-hydrogen) atoms. The number of fused-ring (bicyclic) bond motifs is 5. The molecule has 0 amide bonds. The minimum Gasteiger partial charge on any atom is -0.465 e. The number of ether oxygens (including phenoxy) is 3. The monoisotopic (exact) mass is 439 g/mol. The molecule has 0 aromatic heterocycles. The van der Waals surface area contributed by atoms with Gasteiger partial charge in [0.15, 0.2) is 6.10 Å². The van der Waals surface area contributed by atoms with Crippen molar-refractivity contribution in [3.8, 4) is 6.07 Å². The van der Waals surface area contributed by atoms with Crippen LogP contribution in [0.1, 0.15) is 73.9 Å². The molecule has 170 valence electrons. The largest absolute Gasteiger partial charge is 0.465 e. The van der Waals surface area contributed by atoms with Crippen molar-refractivity contribution in [2.24, 2.45) is 17.3 Å². The predicted molar refractivity (Wildman–Crippen MR) is 113 cm³/mol. The second-order valence-electron chi connectivity index (χ2n) is 9.65. The van der Waals surface area contributed by atoms with Crippen LogP contribution in [0.25, 0.3) is 0 Å². The average Bonchev–Trinajstić information content (AvgIpc) is 3.00. The van der Waals surface area contributed by atoms with Crippen LogP contribution in [-0.4, -0.2) is 36.7 Å². The molecule has 7 nitrogen and oxygen atoms in total. The Bertz CT molecular complexity index is 1010. The molecule has 0 bridgehead atoms. The van der Waals surface area contributed by atoms with E-state index in [1.165, 1.54) is 32.1 Å². The Morgan fingerprint density at radius 2 is 1.91 bits per heavy atom. The smallest absolute Gasteiger partial charge is 0.337 e. The van der Waals surface area contributed by atoms with E-state index < -0.39 is 29.1 Å². The number of hydrogen-bond acceptors (Lipinski definition) is 7. The Morgan fingerprint density at radius 1 is 1.16 bits per heavy atom. The van der Waals surface area contributed by atoms with Gasteiger partial charge in [-0.2, -0.15) is 5.26 Å². The second-order valence-corrected chi connectivity index (χ2v) is 9.65. The van der Waals surface area contributed by atoms with Crippen LogP contribution >= 0.6 is 0 Å². The van der Waals surface area contributed by atoms with Crippen molar-refractivity contribution in [3.05, 3.63) is 34.9 Å². The number of hydrogen-bond donors (Lipinski definition) is 0. The Balaban J connectivity index is 1.71. The lowest BCUT2D eigenvalue weighted by molar-refractivity contribution is -0.180. The standard InChI is InChI=1S/C25H29NO6/c1-14(27)31-23-24(3)10-9-19-18-7-6-17(22(29)30-4)11-16(18)5-8-20(19)21(24)12-25(23,13-26)32-15(2)28/h6-7,11,19-21,23H,5,8-10,12H2,1-4H3/t19?,20?,21?,23-,24+,25?/m1/s1. The maximum absolute atomic E-state index is 12.0.